The van der Waals surface area contributed by atoms with E-state index >= 15 is 0 Å². The van der Waals surface area contributed by atoms with Gasteiger partial charge in [-0.3, -0.25) is 0 Å². The van der Waals surface area contributed by atoms with Gasteiger partial charge >= 0.3 is 0 Å². The molecule has 1 nitrogen and oxygen atoms in total. The van der Waals surface area contributed by atoms with Crippen LogP contribution < -0.4 is 5.73 Å². The van der Waals surface area contributed by atoms with E-state index in [1.807, 2.05) is 11.3 Å². The Hall–Kier alpha value is -1.38. The van der Waals surface area contributed by atoms with Gasteiger partial charge in [-0.05, 0) is 49.6 Å². The Balaban J connectivity index is 2.46. The van der Waals surface area contributed by atoms with Gasteiger partial charge in [-0.2, -0.15) is 0 Å². The molecule has 3 aromatic rings. The van der Waals surface area contributed by atoms with Crippen LogP contribution in [-0.2, 0) is 6.42 Å². The molecule has 0 fully saturated rings. The fourth-order valence-corrected chi connectivity index (χ4v) is 3.94. The van der Waals surface area contributed by atoms with E-state index in [1.54, 1.807) is 0 Å². The Morgan fingerprint density at radius 2 is 1.94 bits per heavy atom. The molecule has 0 amide bonds. The van der Waals surface area contributed by atoms with Gasteiger partial charge in [0.15, 0.2) is 0 Å². The topological polar surface area (TPSA) is 26.0 Å². The molecule has 0 radical (unpaired) electrons. The van der Waals surface area contributed by atoms with Gasteiger partial charge in [-0.1, -0.05) is 24.3 Å². The van der Waals surface area contributed by atoms with E-state index in [0.29, 0.717) is 6.54 Å². The maximum Gasteiger partial charge on any atom is 0.0387 e. The van der Waals surface area contributed by atoms with Crippen LogP contribution in [0.15, 0.2) is 30.3 Å². The summed E-state index contributed by atoms with van der Waals surface area (Å²) in [5, 5.41) is 2.82. The summed E-state index contributed by atoms with van der Waals surface area (Å²) in [5.41, 5.74) is 9.89. The van der Waals surface area contributed by atoms with Gasteiger partial charge in [0, 0.05) is 20.2 Å². The van der Waals surface area contributed by atoms with Crippen molar-refractivity contribution in [3.05, 3.63) is 47.0 Å². The predicted molar refractivity (Wildman–Crippen MR) is 81.6 cm³/mol. The van der Waals surface area contributed by atoms with E-state index in [1.165, 1.54) is 36.9 Å². The van der Waals surface area contributed by atoms with E-state index in [9.17, 15) is 0 Å². The second-order valence-electron chi connectivity index (χ2n) is 4.82. The van der Waals surface area contributed by atoms with Crippen molar-refractivity contribution >= 4 is 31.5 Å². The molecule has 3 rings (SSSR count). The van der Waals surface area contributed by atoms with Crippen molar-refractivity contribution in [3.8, 4) is 0 Å². The summed E-state index contributed by atoms with van der Waals surface area (Å²) in [5.74, 6) is 0. The fourth-order valence-electron chi connectivity index (χ4n) is 2.71. The average Bonchev–Trinajstić information content (AvgIpc) is 2.76. The monoisotopic (exact) mass is 255 g/mol. The van der Waals surface area contributed by atoms with Gasteiger partial charge in [0.2, 0.25) is 0 Å². The predicted octanol–water partition coefficient (Wildman–Crippen LogP) is 4.17. The van der Waals surface area contributed by atoms with Crippen molar-refractivity contribution in [1.29, 1.82) is 0 Å². The molecule has 0 aliphatic rings. The first-order valence-electron chi connectivity index (χ1n) is 6.32. The highest BCUT2D eigenvalue weighted by atomic mass is 32.1. The maximum atomic E-state index is 5.71. The molecule has 0 aliphatic carbocycles. The summed E-state index contributed by atoms with van der Waals surface area (Å²) in [6, 6.07) is 11.0. The zero-order valence-corrected chi connectivity index (χ0v) is 11.6. The van der Waals surface area contributed by atoms with Gasteiger partial charge in [-0.15, -0.1) is 11.3 Å². The standard InChI is InChI=1S/C16H17NS/c1-10-9-12(7-8-17)11(2)15-13-5-3-4-6-14(13)18-16(10)15/h3-6,9H,7-8,17H2,1-2H3. The Morgan fingerprint density at radius 3 is 2.72 bits per heavy atom. The molecular formula is C16H17NS. The number of hydrogen-bond donors (Lipinski definition) is 1. The average molecular weight is 255 g/mol. The third kappa shape index (κ3) is 1.64. The molecule has 0 atom stereocenters. The number of thiophene rings is 1. The second kappa shape index (κ2) is 4.38. The first kappa shape index (κ1) is 11.7. The van der Waals surface area contributed by atoms with Gasteiger partial charge in [-0.25, -0.2) is 0 Å². The summed E-state index contributed by atoms with van der Waals surface area (Å²) < 4.78 is 2.80. The molecule has 0 saturated heterocycles. The highest BCUT2D eigenvalue weighted by molar-refractivity contribution is 7.26. The van der Waals surface area contributed by atoms with Gasteiger partial charge in [0.05, 0.1) is 0 Å². The van der Waals surface area contributed by atoms with Crippen molar-refractivity contribution in [2.75, 3.05) is 6.54 Å². The van der Waals surface area contributed by atoms with Crippen LogP contribution in [0.3, 0.4) is 0 Å². The number of hydrogen-bond acceptors (Lipinski definition) is 2. The molecule has 2 N–H and O–H groups in total. The Morgan fingerprint density at radius 1 is 1.17 bits per heavy atom. The molecule has 1 aromatic heterocycles. The van der Waals surface area contributed by atoms with E-state index < -0.39 is 0 Å². The van der Waals surface area contributed by atoms with Gasteiger partial charge in [0.25, 0.3) is 0 Å². The zero-order chi connectivity index (χ0) is 12.7. The molecule has 1 heterocycles. The normalized spacial score (nSPS) is 11.5. The molecule has 0 saturated carbocycles. The molecule has 2 aromatic carbocycles. The van der Waals surface area contributed by atoms with E-state index in [2.05, 4.69) is 44.2 Å². The van der Waals surface area contributed by atoms with Crippen LogP contribution in [0, 0.1) is 13.8 Å². The summed E-state index contributed by atoms with van der Waals surface area (Å²) in [6.45, 7) is 5.15. The van der Waals surface area contributed by atoms with Gasteiger partial charge in [0.1, 0.15) is 0 Å². The smallest absolute Gasteiger partial charge is 0.0387 e. The lowest BCUT2D eigenvalue weighted by Gasteiger charge is -2.09. The number of benzene rings is 2. The summed E-state index contributed by atoms with van der Waals surface area (Å²) in [4.78, 5) is 0. The lowest BCUT2D eigenvalue weighted by molar-refractivity contribution is 0.960. The lowest BCUT2D eigenvalue weighted by Crippen LogP contribution is -2.04. The highest BCUT2D eigenvalue weighted by Crippen LogP contribution is 2.38. The van der Waals surface area contributed by atoms with Crippen LogP contribution in [0.5, 0.6) is 0 Å². The Bertz CT molecular complexity index is 725. The summed E-state index contributed by atoms with van der Waals surface area (Å²) >= 11 is 1.90. The summed E-state index contributed by atoms with van der Waals surface area (Å²) in [7, 11) is 0. The summed E-state index contributed by atoms with van der Waals surface area (Å²) in [6.07, 6.45) is 0.965. The largest absolute Gasteiger partial charge is 0.330 e. The minimum Gasteiger partial charge on any atom is -0.330 e. The van der Waals surface area contributed by atoms with Crippen LogP contribution in [0.1, 0.15) is 16.7 Å². The molecule has 2 heteroatoms. The maximum absolute atomic E-state index is 5.71. The minimum atomic E-state index is 0.716. The van der Waals surface area contributed by atoms with Crippen molar-refractivity contribution in [3.63, 3.8) is 0 Å². The fraction of sp³-hybridized carbons (Fsp3) is 0.250. The second-order valence-corrected chi connectivity index (χ2v) is 5.87. The highest BCUT2D eigenvalue weighted by Gasteiger charge is 2.12. The van der Waals surface area contributed by atoms with Gasteiger partial charge < -0.3 is 5.73 Å². The molecule has 18 heavy (non-hydrogen) atoms. The van der Waals surface area contributed by atoms with Crippen LogP contribution in [0.4, 0.5) is 0 Å². The van der Waals surface area contributed by atoms with E-state index in [4.69, 9.17) is 5.73 Å². The molecular weight excluding hydrogens is 238 g/mol. The Kier molecular flexibility index (Phi) is 2.84. The Labute approximate surface area is 111 Å². The van der Waals surface area contributed by atoms with E-state index in [-0.39, 0.29) is 0 Å². The number of rotatable bonds is 2. The first-order valence-corrected chi connectivity index (χ1v) is 7.14. The SMILES string of the molecule is Cc1cc(CCN)c(C)c2c1sc1ccccc12. The number of aryl methyl sites for hydroxylation is 2. The van der Waals surface area contributed by atoms with Crippen LogP contribution >= 0.6 is 11.3 Å². The van der Waals surface area contributed by atoms with Crippen LogP contribution in [-0.4, -0.2) is 6.54 Å². The van der Waals surface area contributed by atoms with Crippen molar-refractivity contribution < 1.29 is 0 Å². The quantitative estimate of drug-likeness (QED) is 0.730. The third-order valence-corrected chi connectivity index (χ3v) is 4.92. The zero-order valence-electron chi connectivity index (χ0n) is 10.8. The molecule has 92 valence electrons. The third-order valence-electron chi connectivity index (χ3n) is 3.61. The number of nitrogens with two attached hydrogens (primary N) is 1. The minimum absolute atomic E-state index is 0.716. The van der Waals surface area contributed by atoms with Crippen molar-refractivity contribution in [2.24, 2.45) is 5.73 Å². The van der Waals surface area contributed by atoms with Crippen LogP contribution in [0.25, 0.3) is 20.2 Å². The van der Waals surface area contributed by atoms with Crippen molar-refractivity contribution in [2.45, 2.75) is 20.3 Å². The van der Waals surface area contributed by atoms with Crippen LogP contribution in [0.2, 0.25) is 0 Å². The molecule has 0 aliphatic heterocycles. The molecule has 0 unspecified atom stereocenters. The number of fused-ring (bicyclic) bond motifs is 3. The molecule has 0 bridgehead atoms. The lowest BCUT2D eigenvalue weighted by atomic mass is 9.97. The first-order chi connectivity index (χ1) is 8.72. The van der Waals surface area contributed by atoms with E-state index in [0.717, 1.165) is 6.42 Å². The van der Waals surface area contributed by atoms with Crippen molar-refractivity contribution in [1.82, 2.24) is 0 Å². The molecule has 0 spiro atoms.